The minimum atomic E-state index is -0.681. The van der Waals surface area contributed by atoms with Crippen LogP contribution in [-0.4, -0.2) is 42.4 Å². The Morgan fingerprint density at radius 2 is 2.21 bits per heavy atom. The van der Waals surface area contributed by atoms with Crippen LogP contribution < -0.4 is 9.47 Å². The number of rotatable bonds is 5. The van der Waals surface area contributed by atoms with Crippen LogP contribution in [0.3, 0.4) is 0 Å². The SMILES string of the molecule is CN(CCc1ccc2c(c1)OCO2)C1CC1C(=O)O. The first kappa shape index (κ1) is 12.3. The molecule has 5 heteroatoms. The van der Waals surface area contributed by atoms with Crippen molar-refractivity contribution in [2.45, 2.75) is 18.9 Å². The van der Waals surface area contributed by atoms with Crippen molar-refractivity contribution < 1.29 is 19.4 Å². The summed E-state index contributed by atoms with van der Waals surface area (Å²) in [6, 6.07) is 6.15. The lowest BCUT2D eigenvalue weighted by Crippen LogP contribution is -2.26. The summed E-state index contributed by atoms with van der Waals surface area (Å²) in [6.45, 7) is 1.15. The molecular formula is C14H17NO4. The fourth-order valence-corrected chi connectivity index (χ4v) is 2.50. The zero-order valence-corrected chi connectivity index (χ0v) is 10.8. The second-order valence-corrected chi connectivity index (χ2v) is 5.17. The van der Waals surface area contributed by atoms with E-state index in [9.17, 15) is 4.79 Å². The molecule has 1 saturated carbocycles. The third-order valence-corrected chi connectivity index (χ3v) is 3.83. The molecule has 19 heavy (non-hydrogen) atoms. The number of hydrogen-bond acceptors (Lipinski definition) is 4. The lowest BCUT2D eigenvalue weighted by Gasteiger charge is -2.16. The predicted molar refractivity (Wildman–Crippen MR) is 68.4 cm³/mol. The van der Waals surface area contributed by atoms with Crippen LogP contribution >= 0.6 is 0 Å². The van der Waals surface area contributed by atoms with E-state index >= 15 is 0 Å². The molecule has 0 saturated heterocycles. The highest BCUT2D eigenvalue weighted by Crippen LogP contribution is 2.35. The molecule has 2 aliphatic rings. The third-order valence-electron chi connectivity index (χ3n) is 3.83. The van der Waals surface area contributed by atoms with Gasteiger partial charge in [-0.05, 0) is 37.6 Å². The minimum Gasteiger partial charge on any atom is -0.481 e. The van der Waals surface area contributed by atoms with E-state index in [1.54, 1.807) is 0 Å². The van der Waals surface area contributed by atoms with E-state index in [1.807, 2.05) is 25.2 Å². The second-order valence-electron chi connectivity index (χ2n) is 5.17. The van der Waals surface area contributed by atoms with Gasteiger partial charge in [-0.3, -0.25) is 4.79 Å². The molecule has 2 unspecified atom stereocenters. The fraction of sp³-hybridized carbons (Fsp3) is 0.500. The first-order valence-corrected chi connectivity index (χ1v) is 6.47. The van der Waals surface area contributed by atoms with Gasteiger partial charge in [-0.1, -0.05) is 6.07 Å². The molecule has 0 spiro atoms. The Balaban J connectivity index is 1.54. The Hall–Kier alpha value is -1.75. The van der Waals surface area contributed by atoms with Gasteiger partial charge < -0.3 is 19.5 Å². The molecule has 1 aromatic rings. The average molecular weight is 263 g/mol. The van der Waals surface area contributed by atoms with Crippen molar-refractivity contribution in [2.24, 2.45) is 5.92 Å². The minimum absolute atomic E-state index is 0.179. The number of fused-ring (bicyclic) bond motifs is 1. The Bertz CT molecular complexity index is 502. The van der Waals surface area contributed by atoms with Crippen molar-refractivity contribution in [1.29, 1.82) is 0 Å². The summed E-state index contributed by atoms with van der Waals surface area (Å²) in [4.78, 5) is 12.9. The summed E-state index contributed by atoms with van der Waals surface area (Å²) in [7, 11) is 1.99. The summed E-state index contributed by atoms with van der Waals surface area (Å²) in [5.41, 5.74) is 1.18. The molecule has 5 nitrogen and oxygen atoms in total. The van der Waals surface area contributed by atoms with Gasteiger partial charge in [0.05, 0.1) is 5.92 Å². The number of benzene rings is 1. The Morgan fingerprint density at radius 3 is 2.95 bits per heavy atom. The maximum atomic E-state index is 10.8. The molecule has 1 aliphatic carbocycles. The van der Waals surface area contributed by atoms with Crippen LogP contribution in [0.4, 0.5) is 0 Å². The molecule has 1 heterocycles. The second kappa shape index (κ2) is 4.74. The molecule has 3 rings (SSSR count). The molecule has 1 aromatic carbocycles. The molecule has 102 valence electrons. The van der Waals surface area contributed by atoms with Crippen LogP contribution in [-0.2, 0) is 11.2 Å². The van der Waals surface area contributed by atoms with Crippen molar-refractivity contribution in [3.63, 3.8) is 0 Å². The summed E-state index contributed by atoms with van der Waals surface area (Å²) in [5.74, 6) is 0.738. The van der Waals surface area contributed by atoms with Gasteiger partial charge in [0.2, 0.25) is 6.79 Å². The van der Waals surface area contributed by atoms with Gasteiger partial charge in [-0.15, -0.1) is 0 Å². The number of carbonyl (C=O) groups is 1. The lowest BCUT2D eigenvalue weighted by molar-refractivity contribution is -0.138. The van der Waals surface area contributed by atoms with Gasteiger partial charge >= 0.3 is 5.97 Å². The highest BCUT2D eigenvalue weighted by molar-refractivity contribution is 5.74. The maximum absolute atomic E-state index is 10.8. The zero-order chi connectivity index (χ0) is 13.4. The van der Waals surface area contributed by atoms with Crippen LogP contribution in [0.5, 0.6) is 11.5 Å². The van der Waals surface area contributed by atoms with Gasteiger partial charge in [0.1, 0.15) is 0 Å². The monoisotopic (exact) mass is 263 g/mol. The highest BCUT2D eigenvalue weighted by atomic mass is 16.7. The maximum Gasteiger partial charge on any atom is 0.308 e. The van der Waals surface area contributed by atoms with Crippen LogP contribution in [0.1, 0.15) is 12.0 Å². The van der Waals surface area contributed by atoms with Gasteiger partial charge in [-0.25, -0.2) is 0 Å². The standard InChI is InChI=1S/C14H17NO4/c1-15(11-7-10(11)14(16)17)5-4-9-2-3-12-13(6-9)19-8-18-12/h2-3,6,10-11H,4-5,7-8H2,1H3,(H,16,17). The topological polar surface area (TPSA) is 59.0 Å². The van der Waals surface area contributed by atoms with Crippen molar-refractivity contribution >= 4 is 5.97 Å². The van der Waals surface area contributed by atoms with Crippen molar-refractivity contribution in [1.82, 2.24) is 4.90 Å². The van der Waals surface area contributed by atoms with Gasteiger partial charge in [0.15, 0.2) is 11.5 Å². The summed E-state index contributed by atoms with van der Waals surface area (Å²) >= 11 is 0. The van der Waals surface area contributed by atoms with Crippen LogP contribution in [0.15, 0.2) is 18.2 Å². The summed E-state index contributed by atoms with van der Waals surface area (Å²) in [5, 5.41) is 8.91. The molecule has 0 amide bonds. The van der Waals surface area contributed by atoms with Crippen molar-refractivity contribution in [3.05, 3.63) is 23.8 Å². The number of carboxylic acid groups (broad SMARTS) is 1. The van der Waals surface area contributed by atoms with E-state index in [2.05, 4.69) is 4.90 Å². The Labute approximate surface area is 111 Å². The zero-order valence-electron chi connectivity index (χ0n) is 10.8. The number of carboxylic acids is 1. The quantitative estimate of drug-likeness (QED) is 0.869. The van der Waals surface area contributed by atoms with Gasteiger partial charge in [0.25, 0.3) is 0 Å². The smallest absolute Gasteiger partial charge is 0.308 e. The molecular weight excluding hydrogens is 246 g/mol. The first-order valence-electron chi connectivity index (χ1n) is 6.47. The van der Waals surface area contributed by atoms with E-state index in [0.29, 0.717) is 6.79 Å². The van der Waals surface area contributed by atoms with E-state index in [-0.39, 0.29) is 12.0 Å². The van der Waals surface area contributed by atoms with Crippen molar-refractivity contribution in [3.8, 4) is 11.5 Å². The van der Waals surface area contributed by atoms with E-state index in [4.69, 9.17) is 14.6 Å². The van der Waals surface area contributed by atoms with E-state index < -0.39 is 5.97 Å². The van der Waals surface area contributed by atoms with E-state index in [0.717, 1.165) is 30.9 Å². The number of likely N-dealkylation sites (N-methyl/N-ethyl adjacent to an activating group) is 1. The first-order chi connectivity index (χ1) is 9.15. The molecule has 1 aliphatic heterocycles. The molecule has 2 atom stereocenters. The Kier molecular flexibility index (Phi) is 3.06. The fourth-order valence-electron chi connectivity index (χ4n) is 2.50. The van der Waals surface area contributed by atoms with Crippen LogP contribution in [0.2, 0.25) is 0 Å². The molecule has 1 fully saturated rings. The van der Waals surface area contributed by atoms with Gasteiger partial charge in [0, 0.05) is 12.6 Å². The number of ether oxygens (including phenoxy) is 2. The number of nitrogens with zero attached hydrogens (tertiary/aromatic N) is 1. The largest absolute Gasteiger partial charge is 0.481 e. The van der Waals surface area contributed by atoms with Crippen LogP contribution in [0.25, 0.3) is 0 Å². The Morgan fingerprint density at radius 1 is 1.42 bits per heavy atom. The molecule has 0 radical (unpaired) electrons. The third kappa shape index (κ3) is 2.51. The lowest BCUT2D eigenvalue weighted by atomic mass is 10.1. The van der Waals surface area contributed by atoms with Gasteiger partial charge in [-0.2, -0.15) is 0 Å². The molecule has 0 bridgehead atoms. The van der Waals surface area contributed by atoms with E-state index in [1.165, 1.54) is 5.56 Å². The summed E-state index contributed by atoms with van der Waals surface area (Å²) < 4.78 is 10.6. The normalized spacial score (nSPS) is 23.7. The van der Waals surface area contributed by atoms with Crippen molar-refractivity contribution in [2.75, 3.05) is 20.4 Å². The average Bonchev–Trinajstić information content (AvgIpc) is 3.07. The number of hydrogen-bond donors (Lipinski definition) is 1. The molecule has 0 aromatic heterocycles. The highest BCUT2D eigenvalue weighted by Gasteiger charge is 2.45. The predicted octanol–water partition coefficient (Wildman–Crippen LogP) is 1.36. The molecule has 1 N–H and O–H groups in total. The number of aliphatic carboxylic acids is 1. The summed E-state index contributed by atoms with van der Waals surface area (Å²) in [6.07, 6.45) is 1.66. The van der Waals surface area contributed by atoms with Crippen LogP contribution in [0, 0.1) is 5.92 Å².